The molecule has 0 amide bonds. The van der Waals surface area contributed by atoms with Gasteiger partial charge in [0, 0.05) is 6.20 Å². The van der Waals surface area contributed by atoms with Crippen LogP contribution >= 0.6 is 12.2 Å². The van der Waals surface area contributed by atoms with Crippen molar-refractivity contribution < 1.29 is 4.74 Å². The molecule has 0 aliphatic heterocycles. The zero-order valence-electron chi connectivity index (χ0n) is 8.01. The highest BCUT2D eigenvalue weighted by Crippen LogP contribution is 2.08. The molecule has 76 valence electrons. The first-order chi connectivity index (χ1) is 7.34. The summed E-state index contributed by atoms with van der Waals surface area (Å²) in [5.41, 5.74) is 1.12. The Labute approximate surface area is 92.8 Å². The van der Waals surface area contributed by atoms with E-state index in [9.17, 15) is 0 Å². The normalized spacial score (nSPS) is 9.87. The van der Waals surface area contributed by atoms with Crippen LogP contribution in [0.5, 0.6) is 5.75 Å². The summed E-state index contributed by atoms with van der Waals surface area (Å²) in [6.07, 6.45) is 3.32. The summed E-state index contributed by atoms with van der Waals surface area (Å²) in [5, 5.41) is 0. The van der Waals surface area contributed by atoms with Crippen LogP contribution in [0.3, 0.4) is 0 Å². The van der Waals surface area contributed by atoms with E-state index < -0.39 is 0 Å². The molecule has 3 nitrogen and oxygen atoms in total. The Balaban J connectivity index is 1.99. The molecule has 2 rings (SSSR count). The minimum Gasteiger partial charge on any atom is -0.486 e. The predicted octanol–water partition coefficient (Wildman–Crippen LogP) is 2.72. The molecule has 15 heavy (non-hydrogen) atoms. The van der Waals surface area contributed by atoms with Crippen LogP contribution in [-0.4, -0.2) is 9.97 Å². The molecular weight excluding hydrogens is 208 g/mol. The number of aromatic nitrogens is 2. The Hall–Kier alpha value is -1.68. The molecule has 0 fully saturated rings. The number of nitrogens with zero attached hydrogens (tertiary/aromatic N) is 1. The van der Waals surface area contributed by atoms with Crippen LogP contribution in [0.2, 0.25) is 0 Å². The summed E-state index contributed by atoms with van der Waals surface area (Å²) in [6.45, 7) is 0.535. The number of ether oxygens (including phenoxy) is 1. The largest absolute Gasteiger partial charge is 0.486 e. The van der Waals surface area contributed by atoms with E-state index in [2.05, 4.69) is 9.97 Å². The number of H-pyrrole nitrogens is 1. The average molecular weight is 218 g/mol. The predicted molar refractivity (Wildman–Crippen MR) is 60.2 cm³/mol. The first-order valence-electron chi connectivity index (χ1n) is 4.56. The van der Waals surface area contributed by atoms with E-state index in [0.717, 1.165) is 5.56 Å². The van der Waals surface area contributed by atoms with E-state index in [-0.39, 0.29) is 0 Å². The summed E-state index contributed by atoms with van der Waals surface area (Å²) in [5.74, 6) is 0.687. The molecule has 1 aromatic carbocycles. The second-order valence-electron chi connectivity index (χ2n) is 3.03. The van der Waals surface area contributed by atoms with Crippen molar-refractivity contribution in [2.24, 2.45) is 0 Å². The maximum Gasteiger partial charge on any atom is 0.196 e. The Morgan fingerprint density at radius 1 is 1.27 bits per heavy atom. The maximum absolute atomic E-state index is 5.51. The highest BCUT2D eigenvalue weighted by Gasteiger charge is 1.94. The molecule has 0 saturated heterocycles. The van der Waals surface area contributed by atoms with E-state index in [4.69, 9.17) is 17.0 Å². The second kappa shape index (κ2) is 4.70. The number of rotatable bonds is 3. The lowest BCUT2D eigenvalue weighted by atomic mass is 10.2. The SMILES string of the molecule is S=c1ncc(OCc2ccccc2)c[nH]1. The smallest absolute Gasteiger partial charge is 0.196 e. The lowest BCUT2D eigenvalue weighted by Crippen LogP contribution is -1.96. The molecular formula is C11H10N2OS. The highest BCUT2D eigenvalue weighted by atomic mass is 32.1. The van der Waals surface area contributed by atoms with Crippen LogP contribution < -0.4 is 4.74 Å². The summed E-state index contributed by atoms with van der Waals surface area (Å²) in [6, 6.07) is 9.97. The average Bonchev–Trinajstić information content (AvgIpc) is 2.30. The second-order valence-corrected chi connectivity index (χ2v) is 3.42. The van der Waals surface area contributed by atoms with Gasteiger partial charge in [-0.15, -0.1) is 0 Å². The zero-order chi connectivity index (χ0) is 10.5. The van der Waals surface area contributed by atoms with Gasteiger partial charge in [-0.05, 0) is 17.8 Å². The van der Waals surface area contributed by atoms with Gasteiger partial charge in [-0.2, -0.15) is 0 Å². The molecule has 0 radical (unpaired) electrons. The van der Waals surface area contributed by atoms with Crippen molar-refractivity contribution in [1.82, 2.24) is 9.97 Å². The van der Waals surface area contributed by atoms with Crippen LogP contribution in [0.1, 0.15) is 5.56 Å². The minimum atomic E-state index is 0.460. The first-order valence-corrected chi connectivity index (χ1v) is 4.97. The number of hydrogen-bond donors (Lipinski definition) is 1. The highest BCUT2D eigenvalue weighted by molar-refractivity contribution is 7.71. The first kappa shape index (κ1) is 9.86. The van der Waals surface area contributed by atoms with Crippen molar-refractivity contribution in [2.75, 3.05) is 0 Å². The van der Waals surface area contributed by atoms with Crippen molar-refractivity contribution in [3.8, 4) is 5.75 Å². The Kier molecular flexibility index (Phi) is 3.09. The van der Waals surface area contributed by atoms with E-state index >= 15 is 0 Å². The van der Waals surface area contributed by atoms with Crippen molar-refractivity contribution in [2.45, 2.75) is 6.61 Å². The topological polar surface area (TPSA) is 37.9 Å². The van der Waals surface area contributed by atoms with Gasteiger partial charge >= 0.3 is 0 Å². The van der Waals surface area contributed by atoms with Crippen molar-refractivity contribution in [3.63, 3.8) is 0 Å². The molecule has 2 aromatic rings. The van der Waals surface area contributed by atoms with E-state index in [0.29, 0.717) is 17.1 Å². The molecule has 1 aromatic heterocycles. The van der Waals surface area contributed by atoms with Gasteiger partial charge in [-0.1, -0.05) is 30.3 Å². The molecule has 0 spiro atoms. The van der Waals surface area contributed by atoms with Gasteiger partial charge in [-0.3, -0.25) is 0 Å². The van der Waals surface area contributed by atoms with Gasteiger partial charge < -0.3 is 9.72 Å². The fourth-order valence-corrected chi connectivity index (χ4v) is 1.26. The molecule has 0 atom stereocenters. The van der Waals surface area contributed by atoms with Gasteiger partial charge in [0.05, 0.1) is 6.20 Å². The third-order valence-electron chi connectivity index (χ3n) is 1.90. The number of nitrogens with one attached hydrogen (secondary N) is 1. The summed E-state index contributed by atoms with van der Waals surface area (Å²) < 4.78 is 5.97. The van der Waals surface area contributed by atoms with Crippen LogP contribution in [0.15, 0.2) is 42.7 Å². The monoisotopic (exact) mass is 218 g/mol. The molecule has 0 saturated carbocycles. The van der Waals surface area contributed by atoms with Gasteiger partial charge in [0.2, 0.25) is 0 Å². The maximum atomic E-state index is 5.51. The van der Waals surface area contributed by atoms with Crippen LogP contribution in [0.25, 0.3) is 0 Å². The lowest BCUT2D eigenvalue weighted by molar-refractivity contribution is 0.303. The van der Waals surface area contributed by atoms with Crippen LogP contribution in [0, 0.1) is 4.77 Å². The molecule has 1 heterocycles. The fraction of sp³-hybridized carbons (Fsp3) is 0.0909. The Morgan fingerprint density at radius 3 is 2.73 bits per heavy atom. The van der Waals surface area contributed by atoms with E-state index in [1.165, 1.54) is 0 Å². The molecule has 1 N–H and O–H groups in total. The molecule has 0 aliphatic rings. The summed E-state index contributed by atoms with van der Waals surface area (Å²) >= 11 is 4.83. The lowest BCUT2D eigenvalue weighted by Gasteiger charge is -2.04. The quantitative estimate of drug-likeness (QED) is 0.805. The molecule has 0 bridgehead atoms. The summed E-state index contributed by atoms with van der Waals surface area (Å²) in [4.78, 5) is 6.74. The van der Waals surface area contributed by atoms with Crippen LogP contribution in [0.4, 0.5) is 0 Å². The molecule has 4 heteroatoms. The fourth-order valence-electron chi connectivity index (χ4n) is 1.15. The van der Waals surface area contributed by atoms with Crippen molar-refractivity contribution >= 4 is 12.2 Å². The minimum absolute atomic E-state index is 0.460. The van der Waals surface area contributed by atoms with Crippen molar-refractivity contribution in [1.29, 1.82) is 0 Å². The molecule has 0 unspecified atom stereocenters. The summed E-state index contributed by atoms with van der Waals surface area (Å²) in [7, 11) is 0. The van der Waals surface area contributed by atoms with Gasteiger partial charge in [0.25, 0.3) is 0 Å². The van der Waals surface area contributed by atoms with Gasteiger partial charge in [0.1, 0.15) is 6.61 Å². The van der Waals surface area contributed by atoms with Crippen molar-refractivity contribution in [3.05, 3.63) is 53.1 Å². The van der Waals surface area contributed by atoms with E-state index in [1.807, 2.05) is 30.3 Å². The Morgan fingerprint density at radius 2 is 2.07 bits per heavy atom. The number of hydrogen-bond acceptors (Lipinski definition) is 3. The van der Waals surface area contributed by atoms with Gasteiger partial charge in [-0.25, -0.2) is 4.98 Å². The van der Waals surface area contributed by atoms with Gasteiger partial charge in [0.15, 0.2) is 10.5 Å². The zero-order valence-corrected chi connectivity index (χ0v) is 8.83. The standard InChI is InChI=1S/C11H10N2OS/c15-11-12-6-10(7-13-11)14-8-9-4-2-1-3-5-9/h1-7H,8H2,(H,12,13,15). The van der Waals surface area contributed by atoms with E-state index in [1.54, 1.807) is 12.4 Å². The Bertz CT molecular complexity index is 461. The molecule has 0 aliphatic carbocycles. The number of aromatic amines is 1. The third-order valence-corrected chi connectivity index (χ3v) is 2.12. The van der Waals surface area contributed by atoms with Crippen LogP contribution in [-0.2, 0) is 6.61 Å². The third kappa shape index (κ3) is 2.89. The number of benzene rings is 1.